The van der Waals surface area contributed by atoms with E-state index in [0.29, 0.717) is 18.0 Å². The monoisotopic (exact) mass is 597 g/mol. The summed E-state index contributed by atoms with van der Waals surface area (Å²) in [5.41, 5.74) is 5.08. The van der Waals surface area contributed by atoms with Gasteiger partial charge in [0.2, 0.25) is 0 Å². The van der Waals surface area contributed by atoms with Crippen molar-refractivity contribution in [1.82, 2.24) is 35.5 Å². The van der Waals surface area contributed by atoms with Gasteiger partial charge < -0.3 is 35.0 Å². The Hall–Kier alpha value is -4.90. The minimum atomic E-state index is -0.575. The van der Waals surface area contributed by atoms with E-state index in [0.717, 1.165) is 57.7 Å². The third-order valence-electron chi connectivity index (χ3n) is 6.73. The van der Waals surface area contributed by atoms with Crippen LogP contribution in [0.3, 0.4) is 0 Å². The number of benzene rings is 3. The highest BCUT2D eigenvalue weighted by atomic mass is 16.6. The summed E-state index contributed by atoms with van der Waals surface area (Å²) in [5, 5.41) is 5.44. The Morgan fingerprint density at radius 2 is 1.41 bits per heavy atom. The molecule has 230 valence electrons. The maximum absolute atomic E-state index is 12.7. The van der Waals surface area contributed by atoms with Crippen molar-refractivity contribution in [2.45, 2.75) is 32.8 Å². The van der Waals surface area contributed by atoms with Gasteiger partial charge in [0.15, 0.2) is 0 Å². The van der Waals surface area contributed by atoms with E-state index in [-0.39, 0.29) is 19.0 Å². The van der Waals surface area contributed by atoms with E-state index < -0.39 is 11.7 Å². The molecule has 11 nitrogen and oxygen atoms in total. The van der Waals surface area contributed by atoms with Gasteiger partial charge in [0.05, 0.1) is 28.7 Å². The summed E-state index contributed by atoms with van der Waals surface area (Å²) in [5.74, 6) is 2.05. The molecule has 4 N–H and O–H groups in total. The summed E-state index contributed by atoms with van der Waals surface area (Å²) in [6.45, 7) is 7.56. The van der Waals surface area contributed by atoms with Crippen LogP contribution in [0, 0.1) is 0 Å². The Labute approximate surface area is 256 Å². The molecule has 5 aromatic rings. The number of fused-ring (bicyclic) bond motifs is 2. The number of H-pyrrole nitrogens is 2. The summed E-state index contributed by atoms with van der Waals surface area (Å²) in [7, 11) is 4.11. The normalized spacial score (nSPS) is 11.7. The fraction of sp³-hybridized carbons (Fsp3) is 0.333. The number of carbonyl (C=O) groups is 2. The van der Waals surface area contributed by atoms with Crippen LogP contribution in [0.5, 0.6) is 5.75 Å². The maximum Gasteiger partial charge on any atom is 0.407 e. The summed E-state index contributed by atoms with van der Waals surface area (Å²) in [6, 6.07) is 19.2. The quantitative estimate of drug-likeness (QED) is 0.151. The van der Waals surface area contributed by atoms with Crippen LogP contribution in [0.15, 0.2) is 60.7 Å². The predicted octanol–water partition coefficient (Wildman–Crippen LogP) is 5.36. The number of aromatic nitrogens is 4. The van der Waals surface area contributed by atoms with Crippen LogP contribution >= 0.6 is 0 Å². The molecule has 0 saturated heterocycles. The Bertz CT molecular complexity index is 1750. The predicted molar refractivity (Wildman–Crippen MR) is 172 cm³/mol. The molecule has 0 fully saturated rings. The van der Waals surface area contributed by atoms with Crippen molar-refractivity contribution in [1.29, 1.82) is 0 Å². The van der Waals surface area contributed by atoms with Gasteiger partial charge in [0.1, 0.15) is 23.0 Å². The lowest BCUT2D eigenvalue weighted by Gasteiger charge is -2.19. The summed E-state index contributed by atoms with van der Waals surface area (Å²) in [6.07, 6.45) is 0.443. The van der Waals surface area contributed by atoms with E-state index in [4.69, 9.17) is 19.4 Å². The molecule has 2 heterocycles. The number of rotatable bonds is 11. The molecule has 0 unspecified atom stereocenters. The maximum atomic E-state index is 12.7. The number of aromatic amines is 2. The van der Waals surface area contributed by atoms with Crippen molar-refractivity contribution in [3.05, 3.63) is 66.2 Å². The molecule has 0 aliphatic rings. The second kappa shape index (κ2) is 13.2. The number of amides is 2. The fourth-order valence-corrected chi connectivity index (χ4v) is 4.62. The first-order chi connectivity index (χ1) is 21.0. The molecule has 0 spiro atoms. The van der Waals surface area contributed by atoms with E-state index in [1.165, 1.54) is 0 Å². The van der Waals surface area contributed by atoms with Crippen molar-refractivity contribution in [3.63, 3.8) is 0 Å². The molecule has 0 radical (unpaired) electrons. The molecule has 3 aromatic carbocycles. The first-order valence-electron chi connectivity index (χ1n) is 14.7. The zero-order valence-corrected chi connectivity index (χ0v) is 25.8. The molecule has 5 rings (SSSR count). The van der Waals surface area contributed by atoms with Crippen LogP contribution < -0.4 is 15.4 Å². The molecule has 0 bridgehead atoms. The van der Waals surface area contributed by atoms with Crippen LogP contribution in [0.4, 0.5) is 4.79 Å². The number of hydrogen-bond acceptors (Lipinski definition) is 7. The lowest BCUT2D eigenvalue weighted by atomic mass is 10.1. The van der Waals surface area contributed by atoms with Gasteiger partial charge in [-0.25, -0.2) is 14.8 Å². The van der Waals surface area contributed by atoms with Gasteiger partial charge >= 0.3 is 6.09 Å². The van der Waals surface area contributed by atoms with E-state index >= 15 is 0 Å². The minimum Gasteiger partial charge on any atom is -0.493 e. The topological polar surface area (TPSA) is 137 Å². The smallest absolute Gasteiger partial charge is 0.407 e. The van der Waals surface area contributed by atoms with Gasteiger partial charge in [0.25, 0.3) is 5.91 Å². The number of alkyl carbamates (subject to hydrolysis) is 1. The molecule has 44 heavy (non-hydrogen) atoms. The van der Waals surface area contributed by atoms with Gasteiger partial charge in [-0.05, 0) is 71.6 Å². The highest BCUT2D eigenvalue weighted by Crippen LogP contribution is 2.27. The van der Waals surface area contributed by atoms with Crippen LogP contribution in [0.2, 0.25) is 0 Å². The summed E-state index contributed by atoms with van der Waals surface area (Å²) < 4.78 is 11.1. The van der Waals surface area contributed by atoms with Crippen molar-refractivity contribution in [3.8, 4) is 28.5 Å². The van der Waals surface area contributed by atoms with Crippen LogP contribution in [-0.2, 0) is 4.74 Å². The number of nitrogens with zero attached hydrogens (tertiary/aromatic N) is 3. The minimum absolute atomic E-state index is 0.243. The van der Waals surface area contributed by atoms with Gasteiger partial charge in [-0.1, -0.05) is 24.3 Å². The average Bonchev–Trinajstić information content (AvgIpc) is 3.60. The second-order valence-electron chi connectivity index (χ2n) is 11.8. The lowest BCUT2D eigenvalue weighted by molar-refractivity contribution is 0.0526. The fourth-order valence-electron chi connectivity index (χ4n) is 4.62. The third kappa shape index (κ3) is 7.93. The Kier molecular flexibility index (Phi) is 9.15. The largest absolute Gasteiger partial charge is 0.493 e. The molecule has 2 aromatic heterocycles. The zero-order chi connectivity index (χ0) is 31.3. The molecular weight excluding hydrogens is 558 g/mol. The highest BCUT2D eigenvalue weighted by Gasteiger charge is 2.16. The summed E-state index contributed by atoms with van der Waals surface area (Å²) >= 11 is 0. The Morgan fingerprint density at radius 1 is 0.818 bits per heavy atom. The van der Waals surface area contributed by atoms with E-state index in [1.807, 2.05) is 48.5 Å². The molecule has 0 aliphatic heterocycles. The van der Waals surface area contributed by atoms with Gasteiger partial charge in [-0.15, -0.1) is 0 Å². The van der Waals surface area contributed by atoms with Crippen molar-refractivity contribution < 1.29 is 19.1 Å². The average molecular weight is 598 g/mol. The number of hydrogen-bond donors (Lipinski definition) is 4. The second-order valence-corrected chi connectivity index (χ2v) is 11.8. The van der Waals surface area contributed by atoms with E-state index in [2.05, 4.69) is 39.6 Å². The number of carbonyl (C=O) groups excluding carboxylic acids is 2. The first-order valence-corrected chi connectivity index (χ1v) is 14.7. The SMILES string of the molecule is CN(C)CCCOc1ccc2nc(-c3ccc(-c4nc5ccc(C(=O)NCCNC(=O)OC(C)(C)C)cc5[nH]4)cc3)[nH]c2c1. The van der Waals surface area contributed by atoms with E-state index in [9.17, 15) is 9.59 Å². The van der Waals surface area contributed by atoms with Crippen LogP contribution in [0.1, 0.15) is 37.6 Å². The van der Waals surface area contributed by atoms with Gasteiger partial charge in [0, 0.05) is 42.4 Å². The molecule has 0 atom stereocenters. The van der Waals surface area contributed by atoms with Gasteiger partial charge in [-0.2, -0.15) is 0 Å². The highest BCUT2D eigenvalue weighted by molar-refractivity contribution is 5.97. The summed E-state index contributed by atoms with van der Waals surface area (Å²) in [4.78, 5) is 42.8. The van der Waals surface area contributed by atoms with Crippen LogP contribution in [-0.4, -0.2) is 82.8 Å². The standard InChI is InChI=1S/C33H39N7O4/c1-33(2,3)44-32(42)35-16-15-34-31(41)23-11-13-25-27(19-23)38-29(36-25)21-7-9-22(10-8-21)30-37-26-14-12-24(20-28(26)39-30)43-18-6-17-40(4)5/h7-14,19-20H,6,15-18H2,1-5H3,(H,34,41)(H,35,42)(H,36,38)(H,37,39). The zero-order valence-electron chi connectivity index (χ0n) is 25.8. The van der Waals surface area contributed by atoms with Gasteiger partial charge in [-0.3, -0.25) is 4.79 Å². The van der Waals surface area contributed by atoms with E-state index in [1.54, 1.807) is 32.9 Å². The van der Waals surface area contributed by atoms with Crippen molar-refractivity contribution in [2.24, 2.45) is 0 Å². The number of nitrogens with one attached hydrogen (secondary N) is 4. The Balaban J connectivity index is 1.20. The van der Waals surface area contributed by atoms with Crippen LogP contribution in [0.25, 0.3) is 44.8 Å². The number of ether oxygens (including phenoxy) is 2. The Morgan fingerprint density at radius 3 is 2.02 bits per heavy atom. The van der Waals surface area contributed by atoms with Crippen molar-refractivity contribution in [2.75, 3.05) is 40.3 Å². The molecule has 0 saturated carbocycles. The third-order valence-corrected chi connectivity index (χ3v) is 6.73. The molecule has 11 heteroatoms. The molecular formula is C33H39N7O4. The number of imidazole rings is 2. The molecule has 0 aliphatic carbocycles. The first kappa shape index (κ1) is 30.6. The lowest BCUT2D eigenvalue weighted by Crippen LogP contribution is -2.37. The van der Waals surface area contributed by atoms with Crippen molar-refractivity contribution >= 4 is 34.1 Å². The molecule has 2 amide bonds.